The lowest BCUT2D eigenvalue weighted by Gasteiger charge is -2.06. The normalized spacial score (nSPS) is 10.9. The minimum atomic E-state index is -0.227. The summed E-state index contributed by atoms with van der Waals surface area (Å²) >= 11 is 11.9. The van der Waals surface area contributed by atoms with Crippen LogP contribution in [0.3, 0.4) is 0 Å². The summed E-state index contributed by atoms with van der Waals surface area (Å²) in [6, 6.07) is 16.1. The lowest BCUT2D eigenvalue weighted by molar-refractivity contribution is 0.630. The molecule has 0 saturated heterocycles. The maximum atomic E-state index is 13.1. The molecule has 0 bridgehead atoms. The molecule has 3 rings (SSSR count). The van der Waals surface area contributed by atoms with Gasteiger partial charge in [0.1, 0.15) is 5.82 Å². The molecular weight excluding hydrogens is 282 g/mol. The summed E-state index contributed by atoms with van der Waals surface area (Å²) in [7, 11) is 0. The van der Waals surface area contributed by atoms with Gasteiger partial charge in [-0.3, -0.25) is 0 Å². The molecule has 0 aromatic heterocycles. The van der Waals surface area contributed by atoms with E-state index >= 15 is 0 Å². The Morgan fingerprint density at radius 2 is 1.26 bits per heavy atom. The summed E-state index contributed by atoms with van der Waals surface area (Å²) < 4.78 is 13.1. The van der Waals surface area contributed by atoms with Crippen molar-refractivity contribution in [2.45, 2.75) is 0 Å². The first-order chi connectivity index (χ1) is 9.13. The van der Waals surface area contributed by atoms with Crippen LogP contribution in [0, 0.1) is 5.82 Å². The standard InChI is InChI=1S/C16H9Cl2F/c17-15-6-4-13(9-16(15)18)10-1-2-12-8-14(19)5-3-11(12)7-10/h1-9H. The predicted molar refractivity (Wildman–Crippen MR) is 79.4 cm³/mol. The summed E-state index contributed by atoms with van der Waals surface area (Å²) in [4.78, 5) is 0. The van der Waals surface area contributed by atoms with E-state index in [1.807, 2.05) is 30.3 Å². The highest BCUT2D eigenvalue weighted by molar-refractivity contribution is 6.42. The van der Waals surface area contributed by atoms with Gasteiger partial charge in [-0.1, -0.05) is 47.5 Å². The molecule has 3 aromatic rings. The molecular formula is C16H9Cl2F. The van der Waals surface area contributed by atoms with Gasteiger partial charge in [0.15, 0.2) is 0 Å². The fourth-order valence-electron chi connectivity index (χ4n) is 2.07. The second kappa shape index (κ2) is 4.84. The van der Waals surface area contributed by atoms with Gasteiger partial charge in [0, 0.05) is 0 Å². The second-order valence-electron chi connectivity index (χ2n) is 4.34. The third kappa shape index (κ3) is 2.44. The van der Waals surface area contributed by atoms with Crippen molar-refractivity contribution in [3.8, 4) is 11.1 Å². The van der Waals surface area contributed by atoms with Crippen molar-refractivity contribution < 1.29 is 4.39 Å². The van der Waals surface area contributed by atoms with Gasteiger partial charge in [-0.15, -0.1) is 0 Å². The average molecular weight is 291 g/mol. The molecule has 0 heterocycles. The quantitative estimate of drug-likeness (QED) is 0.519. The highest BCUT2D eigenvalue weighted by Crippen LogP contribution is 2.30. The van der Waals surface area contributed by atoms with E-state index in [9.17, 15) is 4.39 Å². The molecule has 0 saturated carbocycles. The molecule has 0 spiro atoms. The average Bonchev–Trinajstić information content (AvgIpc) is 2.41. The van der Waals surface area contributed by atoms with Gasteiger partial charge in [0.2, 0.25) is 0 Å². The van der Waals surface area contributed by atoms with Crippen LogP contribution in [-0.2, 0) is 0 Å². The SMILES string of the molecule is Fc1ccc2cc(-c3ccc(Cl)c(Cl)c3)ccc2c1. The zero-order chi connectivity index (χ0) is 13.4. The molecule has 19 heavy (non-hydrogen) atoms. The number of benzene rings is 3. The predicted octanol–water partition coefficient (Wildman–Crippen LogP) is 5.95. The molecule has 0 aliphatic rings. The number of hydrogen-bond donors (Lipinski definition) is 0. The second-order valence-corrected chi connectivity index (χ2v) is 5.15. The Labute approximate surface area is 120 Å². The van der Waals surface area contributed by atoms with Crippen LogP contribution in [0.2, 0.25) is 10.0 Å². The zero-order valence-corrected chi connectivity index (χ0v) is 11.3. The van der Waals surface area contributed by atoms with Crippen LogP contribution in [0.15, 0.2) is 54.6 Å². The Hall–Kier alpha value is -1.57. The van der Waals surface area contributed by atoms with Crippen LogP contribution in [0.4, 0.5) is 4.39 Å². The molecule has 0 unspecified atom stereocenters. The van der Waals surface area contributed by atoms with Gasteiger partial charge in [-0.05, 0) is 52.2 Å². The summed E-state index contributed by atoms with van der Waals surface area (Å²) in [5.41, 5.74) is 2.01. The Balaban J connectivity index is 2.14. The summed E-state index contributed by atoms with van der Waals surface area (Å²) in [5.74, 6) is -0.227. The van der Waals surface area contributed by atoms with Gasteiger partial charge in [-0.25, -0.2) is 4.39 Å². The minimum Gasteiger partial charge on any atom is -0.207 e. The van der Waals surface area contributed by atoms with Crippen molar-refractivity contribution in [1.29, 1.82) is 0 Å². The molecule has 0 aliphatic heterocycles. The molecule has 0 nitrogen and oxygen atoms in total. The fourth-order valence-corrected chi connectivity index (χ4v) is 2.37. The largest absolute Gasteiger partial charge is 0.207 e. The number of hydrogen-bond acceptors (Lipinski definition) is 0. The number of fused-ring (bicyclic) bond motifs is 1. The first kappa shape index (κ1) is 12.5. The molecule has 0 radical (unpaired) electrons. The molecule has 0 aliphatic carbocycles. The first-order valence-electron chi connectivity index (χ1n) is 5.78. The van der Waals surface area contributed by atoms with Crippen molar-refractivity contribution in [1.82, 2.24) is 0 Å². The highest BCUT2D eigenvalue weighted by Gasteiger charge is 2.04. The van der Waals surface area contributed by atoms with Gasteiger partial charge in [-0.2, -0.15) is 0 Å². The Bertz CT molecular complexity index is 766. The maximum absolute atomic E-state index is 13.1. The lowest BCUT2D eigenvalue weighted by atomic mass is 10.0. The molecule has 3 heteroatoms. The van der Waals surface area contributed by atoms with E-state index in [1.54, 1.807) is 12.1 Å². The molecule has 0 N–H and O–H groups in total. The molecule has 0 atom stereocenters. The van der Waals surface area contributed by atoms with Gasteiger partial charge in [0.25, 0.3) is 0 Å². The van der Waals surface area contributed by atoms with E-state index in [0.29, 0.717) is 10.0 Å². The third-order valence-corrected chi connectivity index (χ3v) is 3.79. The topological polar surface area (TPSA) is 0 Å². The monoisotopic (exact) mass is 290 g/mol. The lowest BCUT2D eigenvalue weighted by Crippen LogP contribution is -1.81. The van der Waals surface area contributed by atoms with Gasteiger partial charge >= 0.3 is 0 Å². The van der Waals surface area contributed by atoms with Crippen molar-refractivity contribution in [3.05, 3.63) is 70.5 Å². The van der Waals surface area contributed by atoms with Crippen LogP contribution in [0.1, 0.15) is 0 Å². The zero-order valence-electron chi connectivity index (χ0n) is 9.83. The van der Waals surface area contributed by atoms with Gasteiger partial charge in [0.05, 0.1) is 10.0 Å². The van der Waals surface area contributed by atoms with E-state index in [4.69, 9.17) is 23.2 Å². The Morgan fingerprint density at radius 1 is 0.632 bits per heavy atom. The maximum Gasteiger partial charge on any atom is 0.123 e. The van der Waals surface area contributed by atoms with Crippen molar-refractivity contribution in [2.24, 2.45) is 0 Å². The molecule has 94 valence electrons. The summed E-state index contributed by atoms with van der Waals surface area (Å²) in [6.45, 7) is 0. The van der Waals surface area contributed by atoms with Crippen molar-refractivity contribution in [2.75, 3.05) is 0 Å². The molecule has 0 fully saturated rings. The number of halogens is 3. The first-order valence-corrected chi connectivity index (χ1v) is 6.54. The molecule has 0 amide bonds. The Morgan fingerprint density at radius 3 is 2.05 bits per heavy atom. The summed E-state index contributed by atoms with van der Waals surface area (Å²) in [6.07, 6.45) is 0. The van der Waals surface area contributed by atoms with E-state index in [0.717, 1.165) is 21.9 Å². The van der Waals surface area contributed by atoms with Crippen LogP contribution in [0.5, 0.6) is 0 Å². The fraction of sp³-hybridized carbons (Fsp3) is 0. The van der Waals surface area contributed by atoms with Crippen LogP contribution in [0.25, 0.3) is 21.9 Å². The van der Waals surface area contributed by atoms with Gasteiger partial charge < -0.3 is 0 Å². The van der Waals surface area contributed by atoms with E-state index < -0.39 is 0 Å². The van der Waals surface area contributed by atoms with Crippen LogP contribution in [-0.4, -0.2) is 0 Å². The highest BCUT2D eigenvalue weighted by atomic mass is 35.5. The van der Waals surface area contributed by atoms with E-state index in [-0.39, 0.29) is 5.82 Å². The van der Waals surface area contributed by atoms with Crippen molar-refractivity contribution >= 4 is 34.0 Å². The molecule has 3 aromatic carbocycles. The van der Waals surface area contributed by atoms with E-state index in [2.05, 4.69) is 0 Å². The number of rotatable bonds is 1. The Kier molecular flexibility index (Phi) is 3.17. The van der Waals surface area contributed by atoms with E-state index in [1.165, 1.54) is 12.1 Å². The third-order valence-electron chi connectivity index (χ3n) is 3.06. The van der Waals surface area contributed by atoms with Crippen LogP contribution >= 0.6 is 23.2 Å². The summed E-state index contributed by atoms with van der Waals surface area (Å²) in [5, 5.41) is 2.93. The minimum absolute atomic E-state index is 0.227. The van der Waals surface area contributed by atoms with Crippen molar-refractivity contribution in [3.63, 3.8) is 0 Å². The smallest absolute Gasteiger partial charge is 0.123 e. The van der Waals surface area contributed by atoms with Crippen LogP contribution < -0.4 is 0 Å².